The molecular formula is C25H24N2O. The minimum Gasteiger partial charge on any atom is -0.496 e. The summed E-state index contributed by atoms with van der Waals surface area (Å²) in [5.74, 6) is 0.890. The Morgan fingerprint density at radius 3 is 2.68 bits per heavy atom. The molecule has 3 heteroatoms. The van der Waals surface area contributed by atoms with Crippen LogP contribution in [-0.4, -0.2) is 24.4 Å². The number of benzene rings is 2. The second kappa shape index (κ2) is 8.22. The van der Waals surface area contributed by atoms with Gasteiger partial charge in [0.15, 0.2) is 0 Å². The molecule has 140 valence electrons. The van der Waals surface area contributed by atoms with Crippen LogP contribution in [0.1, 0.15) is 29.5 Å². The van der Waals surface area contributed by atoms with Crippen molar-refractivity contribution >= 4 is 11.8 Å². The van der Waals surface area contributed by atoms with Crippen LogP contribution in [0.25, 0.3) is 17.2 Å². The molecule has 3 aromatic rings. The van der Waals surface area contributed by atoms with Crippen molar-refractivity contribution in [2.24, 2.45) is 4.99 Å². The SMILES string of the molecule is COc1ccc(/C=C2/CCCN=C2c2cccnc2)cc1-c1ccccc1C. The first-order chi connectivity index (χ1) is 13.8. The van der Waals surface area contributed by atoms with Crippen LogP contribution in [0.2, 0.25) is 0 Å². The highest BCUT2D eigenvalue weighted by molar-refractivity contribution is 6.15. The van der Waals surface area contributed by atoms with E-state index in [9.17, 15) is 0 Å². The first-order valence-corrected chi connectivity index (χ1v) is 9.66. The maximum Gasteiger partial charge on any atom is 0.126 e. The molecule has 3 nitrogen and oxygen atoms in total. The van der Waals surface area contributed by atoms with Gasteiger partial charge in [0.2, 0.25) is 0 Å². The molecule has 0 bridgehead atoms. The number of hydrogen-bond acceptors (Lipinski definition) is 3. The largest absolute Gasteiger partial charge is 0.496 e. The zero-order valence-electron chi connectivity index (χ0n) is 16.4. The molecule has 0 saturated heterocycles. The fraction of sp³-hybridized carbons (Fsp3) is 0.200. The van der Waals surface area contributed by atoms with Crippen LogP contribution in [0, 0.1) is 6.92 Å². The van der Waals surface area contributed by atoms with E-state index in [-0.39, 0.29) is 0 Å². The van der Waals surface area contributed by atoms with Gasteiger partial charge in [0, 0.05) is 30.1 Å². The first-order valence-electron chi connectivity index (χ1n) is 9.66. The van der Waals surface area contributed by atoms with Crippen LogP contribution >= 0.6 is 0 Å². The van der Waals surface area contributed by atoms with Gasteiger partial charge in [-0.15, -0.1) is 0 Å². The molecule has 0 fully saturated rings. The van der Waals surface area contributed by atoms with E-state index in [1.54, 1.807) is 13.3 Å². The van der Waals surface area contributed by atoms with Gasteiger partial charge in [-0.2, -0.15) is 0 Å². The fourth-order valence-electron chi connectivity index (χ4n) is 3.70. The molecule has 0 amide bonds. The minimum atomic E-state index is 0.874. The number of hydrogen-bond donors (Lipinski definition) is 0. The smallest absolute Gasteiger partial charge is 0.126 e. The third-order valence-corrected chi connectivity index (χ3v) is 5.11. The van der Waals surface area contributed by atoms with Gasteiger partial charge in [-0.25, -0.2) is 0 Å². The predicted molar refractivity (Wildman–Crippen MR) is 116 cm³/mol. The standard InChI is InChI=1S/C25H24N2O/c1-18-7-3-4-10-22(18)23-16-19(11-12-24(23)28-2)15-20-8-6-14-27-25(20)21-9-5-13-26-17-21/h3-5,7,9-13,15-17H,6,8,14H2,1-2H3/b20-15-. The Morgan fingerprint density at radius 1 is 1.00 bits per heavy atom. The Balaban J connectivity index is 1.77. The highest BCUT2D eigenvalue weighted by atomic mass is 16.5. The topological polar surface area (TPSA) is 34.5 Å². The number of allylic oxidation sites excluding steroid dienone is 1. The van der Waals surface area contributed by atoms with Gasteiger partial charge in [0.25, 0.3) is 0 Å². The van der Waals surface area contributed by atoms with Crippen LogP contribution in [0.5, 0.6) is 5.75 Å². The highest BCUT2D eigenvalue weighted by Gasteiger charge is 2.15. The van der Waals surface area contributed by atoms with Crippen LogP contribution in [0.15, 0.2) is 77.6 Å². The number of aliphatic imine (C=N–C) groups is 1. The van der Waals surface area contributed by atoms with Crippen molar-refractivity contribution in [2.75, 3.05) is 13.7 Å². The lowest BCUT2D eigenvalue weighted by Crippen LogP contribution is -2.11. The van der Waals surface area contributed by atoms with Gasteiger partial charge in [0.05, 0.1) is 12.8 Å². The lowest BCUT2D eigenvalue weighted by atomic mass is 9.93. The molecule has 1 aliphatic heterocycles. The van der Waals surface area contributed by atoms with Gasteiger partial charge in [-0.1, -0.05) is 30.3 Å². The normalized spacial score (nSPS) is 15.4. The average molecular weight is 368 g/mol. The quantitative estimate of drug-likeness (QED) is 0.589. The molecule has 0 unspecified atom stereocenters. The zero-order chi connectivity index (χ0) is 19.3. The number of rotatable bonds is 4. The molecule has 0 saturated carbocycles. The molecule has 28 heavy (non-hydrogen) atoms. The summed E-state index contributed by atoms with van der Waals surface area (Å²) in [7, 11) is 1.73. The molecule has 0 radical (unpaired) electrons. The number of nitrogens with zero attached hydrogens (tertiary/aromatic N) is 2. The van der Waals surface area contributed by atoms with Crippen LogP contribution < -0.4 is 4.74 Å². The molecular weight excluding hydrogens is 344 g/mol. The Morgan fingerprint density at radius 2 is 1.89 bits per heavy atom. The summed E-state index contributed by atoms with van der Waals surface area (Å²) in [6, 6.07) is 18.8. The summed E-state index contributed by atoms with van der Waals surface area (Å²) in [6.45, 7) is 3.01. The van der Waals surface area contributed by atoms with Crippen LogP contribution in [0.4, 0.5) is 0 Å². The molecule has 1 aliphatic rings. The number of methoxy groups -OCH3 is 1. The van der Waals surface area contributed by atoms with E-state index in [1.807, 2.05) is 12.3 Å². The van der Waals surface area contributed by atoms with Gasteiger partial charge in [-0.05, 0) is 72.4 Å². The lowest BCUT2D eigenvalue weighted by molar-refractivity contribution is 0.416. The maximum atomic E-state index is 5.64. The van der Waals surface area contributed by atoms with Crippen molar-refractivity contribution in [3.8, 4) is 16.9 Å². The zero-order valence-corrected chi connectivity index (χ0v) is 16.4. The third kappa shape index (κ3) is 3.74. The Bertz CT molecular complexity index is 1040. The average Bonchev–Trinajstić information content (AvgIpc) is 2.75. The monoisotopic (exact) mass is 368 g/mol. The van der Waals surface area contributed by atoms with Crippen LogP contribution in [-0.2, 0) is 0 Å². The molecule has 0 N–H and O–H groups in total. The summed E-state index contributed by atoms with van der Waals surface area (Å²) in [6.07, 6.45) is 8.06. The number of ether oxygens (including phenoxy) is 1. The van der Waals surface area contributed by atoms with Crippen molar-refractivity contribution in [1.82, 2.24) is 4.98 Å². The summed E-state index contributed by atoms with van der Waals surface area (Å²) in [5.41, 5.74) is 8.12. The van der Waals surface area contributed by atoms with E-state index in [2.05, 4.69) is 66.5 Å². The second-order valence-electron chi connectivity index (χ2n) is 7.02. The van der Waals surface area contributed by atoms with Gasteiger partial charge in [-0.3, -0.25) is 9.98 Å². The van der Waals surface area contributed by atoms with Crippen LogP contribution in [0.3, 0.4) is 0 Å². The van der Waals surface area contributed by atoms with E-state index in [0.29, 0.717) is 0 Å². The Labute approximate surface area is 166 Å². The molecule has 2 heterocycles. The van der Waals surface area contributed by atoms with E-state index in [4.69, 9.17) is 9.73 Å². The van der Waals surface area contributed by atoms with Gasteiger partial charge in [0.1, 0.15) is 5.75 Å². The molecule has 0 aliphatic carbocycles. The number of aryl methyl sites for hydroxylation is 1. The first kappa shape index (κ1) is 18.2. The number of pyridine rings is 1. The van der Waals surface area contributed by atoms with Crippen molar-refractivity contribution < 1.29 is 4.74 Å². The molecule has 0 atom stereocenters. The summed E-state index contributed by atoms with van der Waals surface area (Å²) < 4.78 is 5.64. The lowest BCUT2D eigenvalue weighted by Gasteiger charge is -2.17. The maximum absolute atomic E-state index is 5.64. The van der Waals surface area contributed by atoms with E-state index in [1.165, 1.54) is 16.7 Å². The Kier molecular flexibility index (Phi) is 5.34. The Hall–Kier alpha value is -3.20. The van der Waals surface area contributed by atoms with Gasteiger partial charge >= 0.3 is 0 Å². The van der Waals surface area contributed by atoms with Crippen molar-refractivity contribution in [3.05, 3.63) is 89.3 Å². The van der Waals surface area contributed by atoms with Gasteiger partial charge < -0.3 is 4.74 Å². The number of aromatic nitrogens is 1. The third-order valence-electron chi connectivity index (χ3n) is 5.11. The van der Waals surface area contributed by atoms with Crippen molar-refractivity contribution in [3.63, 3.8) is 0 Å². The highest BCUT2D eigenvalue weighted by Crippen LogP contribution is 2.34. The van der Waals surface area contributed by atoms with Crippen molar-refractivity contribution in [2.45, 2.75) is 19.8 Å². The van der Waals surface area contributed by atoms with E-state index >= 15 is 0 Å². The van der Waals surface area contributed by atoms with E-state index in [0.717, 1.165) is 47.5 Å². The molecule has 0 spiro atoms. The summed E-state index contributed by atoms with van der Waals surface area (Å²) in [5, 5.41) is 0. The van der Waals surface area contributed by atoms with E-state index < -0.39 is 0 Å². The van der Waals surface area contributed by atoms with Crippen molar-refractivity contribution in [1.29, 1.82) is 0 Å². The minimum absolute atomic E-state index is 0.874. The fourth-order valence-corrected chi connectivity index (χ4v) is 3.70. The molecule has 4 rings (SSSR count). The summed E-state index contributed by atoms with van der Waals surface area (Å²) in [4.78, 5) is 9.05. The molecule has 1 aromatic heterocycles. The molecule has 2 aromatic carbocycles. The second-order valence-corrected chi connectivity index (χ2v) is 7.02. The summed E-state index contributed by atoms with van der Waals surface area (Å²) >= 11 is 0. The predicted octanol–water partition coefficient (Wildman–Crippen LogP) is 5.73.